The van der Waals surface area contributed by atoms with Gasteiger partial charge in [0.2, 0.25) is 11.8 Å². The fourth-order valence-corrected chi connectivity index (χ4v) is 5.46. The van der Waals surface area contributed by atoms with Gasteiger partial charge in [-0.3, -0.25) is 9.59 Å². The third kappa shape index (κ3) is 5.05. The Kier molecular flexibility index (Phi) is 6.97. The lowest BCUT2D eigenvalue weighted by Crippen LogP contribution is -2.54. The van der Waals surface area contributed by atoms with Crippen molar-refractivity contribution in [1.29, 1.82) is 0 Å². The Labute approximate surface area is 190 Å². The lowest BCUT2D eigenvalue weighted by molar-refractivity contribution is -0.148. The Bertz CT molecular complexity index is 917. The molecule has 0 N–H and O–H groups in total. The number of carbonyl (C=O) groups excluding carboxylic acids is 2. The quantitative estimate of drug-likeness (QED) is 0.665. The van der Waals surface area contributed by atoms with E-state index in [0.717, 1.165) is 43.5 Å². The maximum atomic E-state index is 13.4. The van der Waals surface area contributed by atoms with E-state index < -0.39 is 5.41 Å². The summed E-state index contributed by atoms with van der Waals surface area (Å²) >= 11 is 0. The first-order valence-corrected chi connectivity index (χ1v) is 12.0. The second-order valence-corrected chi connectivity index (χ2v) is 9.83. The standard InChI is InChI=1S/C26H35N3O3/c1-28(2)25(31)26(18-22-17-23(27-32-22)21-12-7-4-8-13-21)14-9-15-29(19-26)24(30)16-20-10-5-3-6-11-20/h4,7-8,12-13,17,20H,3,5-6,9-11,14-16,18-19H2,1-2H3/t26-/m0/s1. The number of likely N-dealkylation sites (tertiary alicyclic amines) is 1. The normalized spacial score (nSPS) is 22.0. The van der Waals surface area contributed by atoms with Gasteiger partial charge in [-0.25, -0.2) is 0 Å². The van der Waals surface area contributed by atoms with E-state index in [4.69, 9.17) is 4.52 Å². The van der Waals surface area contributed by atoms with Crippen molar-refractivity contribution in [2.45, 2.75) is 57.8 Å². The van der Waals surface area contributed by atoms with Crippen molar-refractivity contribution in [1.82, 2.24) is 15.0 Å². The van der Waals surface area contributed by atoms with Crippen LogP contribution in [0.25, 0.3) is 11.3 Å². The molecule has 0 bridgehead atoms. The predicted octanol–water partition coefficient (Wildman–Crippen LogP) is 4.55. The van der Waals surface area contributed by atoms with Gasteiger partial charge in [0.05, 0.1) is 5.41 Å². The zero-order valence-corrected chi connectivity index (χ0v) is 19.4. The lowest BCUT2D eigenvalue weighted by atomic mass is 9.74. The van der Waals surface area contributed by atoms with Crippen LogP contribution in [0.2, 0.25) is 0 Å². The number of aromatic nitrogens is 1. The maximum Gasteiger partial charge on any atom is 0.230 e. The number of benzene rings is 1. The molecule has 2 aromatic rings. The third-order valence-electron chi connectivity index (χ3n) is 7.12. The van der Waals surface area contributed by atoms with Crippen molar-refractivity contribution in [2.75, 3.05) is 27.2 Å². The molecule has 1 atom stereocenters. The molecule has 1 aromatic heterocycles. The van der Waals surface area contributed by atoms with E-state index in [1.54, 1.807) is 19.0 Å². The van der Waals surface area contributed by atoms with Crippen LogP contribution in [-0.4, -0.2) is 54.0 Å². The number of amides is 2. The largest absolute Gasteiger partial charge is 0.361 e. The van der Waals surface area contributed by atoms with Crippen molar-refractivity contribution >= 4 is 11.8 Å². The summed E-state index contributed by atoms with van der Waals surface area (Å²) < 4.78 is 5.67. The van der Waals surface area contributed by atoms with E-state index in [0.29, 0.717) is 31.1 Å². The fraction of sp³-hybridized carbons (Fsp3) is 0.577. The molecule has 0 spiro atoms. The molecule has 2 fully saturated rings. The minimum absolute atomic E-state index is 0.0605. The third-order valence-corrected chi connectivity index (χ3v) is 7.12. The van der Waals surface area contributed by atoms with Gasteiger partial charge in [-0.05, 0) is 31.6 Å². The van der Waals surface area contributed by atoms with Gasteiger partial charge in [-0.1, -0.05) is 54.8 Å². The van der Waals surface area contributed by atoms with E-state index >= 15 is 0 Å². The van der Waals surface area contributed by atoms with Gasteiger partial charge in [0.1, 0.15) is 11.5 Å². The summed E-state index contributed by atoms with van der Waals surface area (Å²) in [5.74, 6) is 1.46. The monoisotopic (exact) mass is 437 g/mol. The van der Waals surface area contributed by atoms with Crippen molar-refractivity contribution in [3.05, 3.63) is 42.2 Å². The Hall–Kier alpha value is -2.63. The highest BCUT2D eigenvalue weighted by Crippen LogP contribution is 2.37. The van der Waals surface area contributed by atoms with E-state index in [-0.39, 0.29) is 11.8 Å². The molecule has 2 amide bonds. The second kappa shape index (κ2) is 9.88. The second-order valence-electron chi connectivity index (χ2n) is 9.83. The van der Waals surface area contributed by atoms with Crippen LogP contribution < -0.4 is 0 Å². The average molecular weight is 438 g/mol. The smallest absolute Gasteiger partial charge is 0.230 e. The summed E-state index contributed by atoms with van der Waals surface area (Å²) in [7, 11) is 3.59. The number of hydrogen-bond acceptors (Lipinski definition) is 4. The molecule has 2 aliphatic rings. The minimum atomic E-state index is -0.669. The average Bonchev–Trinajstić information content (AvgIpc) is 3.28. The molecule has 1 saturated heterocycles. The van der Waals surface area contributed by atoms with Crippen molar-refractivity contribution in [2.24, 2.45) is 11.3 Å². The number of carbonyl (C=O) groups is 2. The summed E-state index contributed by atoms with van der Waals surface area (Å²) in [6.45, 7) is 1.19. The summed E-state index contributed by atoms with van der Waals surface area (Å²) in [6.07, 6.45) is 8.71. The highest BCUT2D eigenvalue weighted by Gasteiger charge is 2.45. The van der Waals surface area contributed by atoms with Gasteiger partial charge in [-0.15, -0.1) is 0 Å². The summed E-state index contributed by atoms with van der Waals surface area (Å²) in [4.78, 5) is 30.1. The van der Waals surface area contributed by atoms with E-state index in [1.165, 1.54) is 19.3 Å². The SMILES string of the molecule is CN(C)C(=O)[C@]1(Cc2cc(-c3ccccc3)no2)CCCN(C(=O)CC2CCCCC2)C1. The zero-order valence-electron chi connectivity index (χ0n) is 19.4. The molecule has 0 radical (unpaired) electrons. The highest BCUT2D eigenvalue weighted by atomic mass is 16.5. The molecular weight excluding hydrogens is 402 g/mol. The molecule has 32 heavy (non-hydrogen) atoms. The van der Waals surface area contributed by atoms with Gasteiger partial charge in [0, 0.05) is 51.7 Å². The Morgan fingerprint density at radius 1 is 1.12 bits per heavy atom. The summed E-state index contributed by atoms with van der Waals surface area (Å²) in [6, 6.07) is 11.8. The van der Waals surface area contributed by atoms with Crippen molar-refractivity contribution in [3.63, 3.8) is 0 Å². The van der Waals surface area contributed by atoms with Crippen molar-refractivity contribution < 1.29 is 14.1 Å². The predicted molar refractivity (Wildman–Crippen MR) is 124 cm³/mol. The van der Waals surface area contributed by atoms with E-state index in [2.05, 4.69) is 5.16 Å². The maximum absolute atomic E-state index is 13.4. The van der Waals surface area contributed by atoms with Crippen LogP contribution in [0, 0.1) is 11.3 Å². The number of nitrogens with zero attached hydrogens (tertiary/aromatic N) is 3. The van der Waals surface area contributed by atoms with Crippen molar-refractivity contribution in [3.8, 4) is 11.3 Å². The summed E-state index contributed by atoms with van der Waals surface area (Å²) in [5.41, 5.74) is 1.09. The first-order valence-electron chi connectivity index (χ1n) is 12.0. The van der Waals surface area contributed by atoms with Gasteiger partial charge < -0.3 is 14.3 Å². The van der Waals surface area contributed by atoms with Crippen LogP contribution in [0.3, 0.4) is 0 Å². The van der Waals surface area contributed by atoms with Crippen LogP contribution in [-0.2, 0) is 16.0 Å². The van der Waals surface area contributed by atoms with Crippen LogP contribution in [0.5, 0.6) is 0 Å². The number of rotatable bonds is 6. The summed E-state index contributed by atoms with van der Waals surface area (Å²) in [5, 5.41) is 4.24. The first-order chi connectivity index (χ1) is 15.5. The van der Waals surface area contributed by atoms with Crippen LogP contribution in [0.15, 0.2) is 40.9 Å². The molecule has 4 rings (SSSR count). The molecule has 1 aliphatic carbocycles. The molecule has 1 aliphatic heterocycles. The zero-order chi connectivity index (χ0) is 22.6. The Balaban J connectivity index is 1.51. The van der Waals surface area contributed by atoms with Gasteiger partial charge >= 0.3 is 0 Å². The minimum Gasteiger partial charge on any atom is -0.361 e. The molecule has 6 nitrogen and oxygen atoms in total. The van der Waals surface area contributed by atoms with Crippen LogP contribution >= 0.6 is 0 Å². The Morgan fingerprint density at radius 3 is 2.59 bits per heavy atom. The first kappa shape index (κ1) is 22.6. The molecule has 1 aromatic carbocycles. The molecule has 172 valence electrons. The molecule has 2 heterocycles. The topological polar surface area (TPSA) is 66.7 Å². The highest BCUT2D eigenvalue weighted by molar-refractivity contribution is 5.84. The van der Waals surface area contributed by atoms with Gasteiger partial charge in [0.25, 0.3) is 0 Å². The van der Waals surface area contributed by atoms with Crippen LogP contribution in [0.1, 0.15) is 57.1 Å². The number of hydrogen-bond donors (Lipinski definition) is 0. The van der Waals surface area contributed by atoms with Gasteiger partial charge in [-0.2, -0.15) is 0 Å². The Morgan fingerprint density at radius 2 is 1.88 bits per heavy atom. The van der Waals surface area contributed by atoms with Gasteiger partial charge in [0.15, 0.2) is 0 Å². The van der Waals surface area contributed by atoms with E-state index in [9.17, 15) is 9.59 Å². The molecular formula is C26H35N3O3. The number of piperidine rings is 1. The van der Waals surface area contributed by atoms with Crippen LogP contribution in [0.4, 0.5) is 0 Å². The lowest BCUT2D eigenvalue weighted by Gasteiger charge is -2.43. The van der Waals surface area contributed by atoms with E-state index in [1.807, 2.05) is 41.3 Å². The fourth-order valence-electron chi connectivity index (χ4n) is 5.46. The molecule has 6 heteroatoms. The molecule has 1 saturated carbocycles. The molecule has 0 unspecified atom stereocenters.